The number of ether oxygens (including phenoxy) is 3. The van der Waals surface area contributed by atoms with Gasteiger partial charge in [-0.25, -0.2) is 4.79 Å². The highest BCUT2D eigenvalue weighted by atomic mass is 19.4. The molecule has 244 valence electrons. The SMILES string of the molecule is COC1COCCC1N[C@@H]1C[C@H]2CN(C(=O)CNC(=O)OC(C)(C)C)C[C@@]2(C(=O)N2CCc3ncc(C(F)(F)F)cc3C2)C1. The summed E-state index contributed by atoms with van der Waals surface area (Å²) >= 11 is 0. The molecular formula is C30H42F3N5O6. The second-order valence-corrected chi connectivity index (χ2v) is 13.3. The number of alkyl carbamates (subject to hydrolysis) is 1. The summed E-state index contributed by atoms with van der Waals surface area (Å²) in [5.74, 6) is -0.658. The lowest BCUT2D eigenvalue weighted by atomic mass is 9.78. The Bertz CT molecular complexity index is 1260. The van der Waals surface area contributed by atoms with Gasteiger partial charge in [-0.1, -0.05) is 0 Å². The zero-order valence-corrected chi connectivity index (χ0v) is 25.7. The third-order valence-electron chi connectivity index (χ3n) is 9.15. The number of amides is 3. The first-order valence-corrected chi connectivity index (χ1v) is 15.1. The van der Waals surface area contributed by atoms with Crippen LogP contribution in [0.5, 0.6) is 0 Å². The third-order valence-corrected chi connectivity index (χ3v) is 9.15. The van der Waals surface area contributed by atoms with Crippen molar-refractivity contribution in [2.75, 3.05) is 46.5 Å². The number of nitrogens with zero attached hydrogens (tertiary/aromatic N) is 3. The Labute approximate surface area is 255 Å². The molecule has 0 radical (unpaired) electrons. The average molecular weight is 626 g/mol. The second kappa shape index (κ2) is 12.4. The molecule has 3 aliphatic heterocycles. The van der Waals surface area contributed by atoms with Gasteiger partial charge in [-0.2, -0.15) is 13.2 Å². The molecule has 0 bridgehead atoms. The number of hydrogen-bond acceptors (Lipinski definition) is 8. The first kappa shape index (κ1) is 32.4. The van der Waals surface area contributed by atoms with Gasteiger partial charge in [-0.05, 0) is 57.6 Å². The Morgan fingerprint density at radius 2 is 1.98 bits per heavy atom. The molecule has 4 heterocycles. The van der Waals surface area contributed by atoms with Crippen molar-refractivity contribution in [1.29, 1.82) is 0 Å². The first-order valence-electron chi connectivity index (χ1n) is 15.1. The van der Waals surface area contributed by atoms with E-state index < -0.39 is 28.8 Å². The quantitative estimate of drug-likeness (QED) is 0.495. The number of halogens is 3. The summed E-state index contributed by atoms with van der Waals surface area (Å²) in [6.45, 7) is 6.84. The number of methoxy groups -OCH3 is 1. The van der Waals surface area contributed by atoms with E-state index in [1.165, 1.54) is 0 Å². The average Bonchev–Trinajstić information content (AvgIpc) is 3.49. The number of carbonyl (C=O) groups is 3. The van der Waals surface area contributed by atoms with Gasteiger partial charge < -0.3 is 34.6 Å². The van der Waals surface area contributed by atoms with Gasteiger partial charge in [0.15, 0.2) is 0 Å². The van der Waals surface area contributed by atoms with Gasteiger partial charge in [0.25, 0.3) is 0 Å². The maximum atomic E-state index is 14.4. The van der Waals surface area contributed by atoms with Crippen LogP contribution in [0.15, 0.2) is 12.3 Å². The van der Waals surface area contributed by atoms with Gasteiger partial charge in [0, 0.05) is 70.3 Å². The molecule has 1 aliphatic carbocycles. The molecule has 14 heteroatoms. The van der Waals surface area contributed by atoms with E-state index in [0.717, 1.165) is 18.7 Å². The second-order valence-electron chi connectivity index (χ2n) is 13.3. The van der Waals surface area contributed by atoms with Gasteiger partial charge in [0.05, 0.1) is 23.7 Å². The van der Waals surface area contributed by atoms with Crippen LogP contribution in [-0.4, -0.2) is 103 Å². The van der Waals surface area contributed by atoms with E-state index in [0.29, 0.717) is 56.8 Å². The lowest BCUT2D eigenvalue weighted by Gasteiger charge is -2.37. The van der Waals surface area contributed by atoms with Crippen molar-refractivity contribution in [3.05, 3.63) is 29.1 Å². The zero-order valence-electron chi connectivity index (χ0n) is 25.7. The molecule has 44 heavy (non-hydrogen) atoms. The Morgan fingerprint density at radius 1 is 1.20 bits per heavy atom. The monoisotopic (exact) mass is 625 g/mol. The number of pyridine rings is 1. The summed E-state index contributed by atoms with van der Waals surface area (Å²) in [7, 11) is 1.64. The fourth-order valence-corrected chi connectivity index (χ4v) is 7.10. The summed E-state index contributed by atoms with van der Waals surface area (Å²) in [4.78, 5) is 47.1. The lowest BCUT2D eigenvalue weighted by Crippen LogP contribution is -2.52. The van der Waals surface area contributed by atoms with Gasteiger partial charge in [0.1, 0.15) is 12.1 Å². The van der Waals surface area contributed by atoms with E-state index in [1.807, 2.05) is 0 Å². The van der Waals surface area contributed by atoms with Gasteiger partial charge >= 0.3 is 12.3 Å². The zero-order chi connectivity index (χ0) is 31.9. The molecule has 2 unspecified atom stereocenters. The predicted octanol–water partition coefficient (Wildman–Crippen LogP) is 2.51. The lowest BCUT2D eigenvalue weighted by molar-refractivity contribution is -0.144. The molecule has 2 N–H and O–H groups in total. The van der Waals surface area contributed by atoms with Crippen molar-refractivity contribution < 1.29 is 41.8 Å². The number of carbonyl (C=O) groups excluding carboxylic acids is 3. The minimum absolute atomic E-state index is 0.0163. The van der Waals surface area contributed by atoms with E-state index in [4.69, 9.17) is 14.2 Å². The van der Waals surface area contributed by atoms with Crippen molar-refractivity contribution in [1.82, 2.24) is 25.4 Å². The normalized spacial score (nSPS) is 28.8. The molecule has 1 saturated carbocycles. The number of aromatic nitrogens is 1. The highest BCUT2D eigenvalue weighted by Crippen LogP contribution is 2.50. The van der Waals surface area contributed by atoms with Crippen LogP contribution in [0.3, 0.4) is 0 Å². The van der Waals surface area contributed by atoms with E-state index in [1.54, 1.807) is 37.7 Å². The Balaban J connectivity index is 1.33. The molecule has 1 aromatic heterocycles. The molecule has 3 amide bonds. The van der Waals surface area contributed by atoms with Crippen molar-refractivity contribution in [3.63, 3.8) is 0 Å². The Kier molecular flexibility index (Phi) is 9.16. The summed E-state index contributed by atoms with van der Waals surface area (Å²) in [6.07, 6.45) is -2.30. The summed E-state index contributed by atoms with van der Waals surface area (Å²) in [5.41, 5.74) is -1.53. The van der Waals surface area contributed by atoms with E-state index in [9.17, 15) is 27.6 Å². The van der Waals surface area contributed by atoms with Crippen LogP contribution >= 0.6 is 0 Å². The Hall–Kier alpha value is -2.97. The molecule has 4 aliphatic rings. The highest BCUT2D eigenvalue weighted by Gasteiger charge is 2.59. The molecule has 2 saturated heterocycles. The maximum Gasteiger partial charge on any atom is 0.417 e. The van der Waals surface area contributed by atoms with Crippen molar-refractivity contribution >= 4 is 17.9 Å². The minimum Gasteiger partial charge on any atom is -0.444 e. The molecule has 0 spiro atoms. The van der Waals surface area contributed by atoms with Crippen molar-refractivity contribution in [2.45, 2.75) is 83.0 Å². The van der Waals surface area contributed by atoms with E-state index in [2.05, 4.69) is 15.6 Å². The third kappa shape index (κ3) is 6.96. The molecule has 5 atom stereocenters. The summed E-state index contributed by atoms with van der Waals surface area (Å²) in [5, 5.41) is 6.19. The van der Waals surface area contributed by atoms with Gasteiger partial charge in [-0.3, -0.25) is 14.6 Å². The topological polar surface area (TPSA) is 122 Å². The predicted molar refractivity (Wildman–Crippen MR) is 151 cm³/mol. The number of alkyl halides is 3. The summed E-state index contributed by atoms with van der Waals surface area (Å²) in [6, 6.07) is 1.12. The first-order chi connectivity index (χ1) is 20.7. The van der Waals surface area contributed by atoms with Crippen LogP contribution < -0.4 is 10.6 Å². The van der Waals surface area contributed by atoms with E-state index in [-0.39, 0.29) is 55.6 Å². The number of hydrogen-bond donors (Lipinski definition) is 2. The van der Waals surface area contributed by atoms with Crippen LogP contribution in [0, 0.1) is 11.3 Å². The molecule has 5 rings (SSSR count). The number of fused-ring (bicyclic) bond motifs is 2. The number of likely N-dealkylation sites (tertiary alicyclic amines) is 1. The van der Waals surface area contributed by atoms with Crippen LogP contribution in [0.25, 0.3) is 0 Å². The molecule has 3 fully saturated rings. The van der Waals surface area contributed by atoms with Gasteiger partial charge in [0.2, 0.25) is 11.8 Å². The van der Waals surface area contributed by atoms with Crippen LogP contribution in [0.4, 0.5) is 18.0 Å². The Morgan fingerprint density at radius 3 is 2.68 bits per heavy atom. The highest BCUT2D eigenvalue weighted by molar-refractivity contribution is 5.88. The summed E-state index contributed by atoms with van der Waals surface area (Å²) < 4.78 is 56.7. The largest absolute Gasteiger partial charge is 0.444 e. The number of rotatable bonds is 6. The minimum atomic E-state index is -4.54. The molecule has 1 aromatic rings. The molecule has 0 aromatic carbocycles. The van der Waals surface area contributed by atoms with Crippen LogP contribution in [0.1, 0.15) is 56.9 Å². The van der Waals surface area contributed by atoms with Crippen molar-refractivity contribution in [2.24, 2.45) is 11.3 Å². The fraction of sp³-hybridized carbons (Fsp3) is 0.733. The maximum absolute atomic E-state index is 14.4. The fourth-order valence-electron chi connectivity index (χ4n) is 7.10. The standard InChI is InChI=1S/C30H42F3N5O6/c1-28(2,3)44-27(41)35-13-25(39)38-15-20-10-21(36-23-6-8-43-16-24(23)42-4)11-29(20,17-38)26(40)37-7-5-22-18(14-37)9-19(12-34-22)30(31,32)33/h9,12,20-21,23-24,36H,5-8,10-11,13-17H2,1-4H3,(H,35,41)/t20-,21+,23?,24?,29-/m0/s1. The van der Waals surface area contributed by atoms with Crippen LogP contribution in [-0.2, 0) is 42.9 Å². The van der Waals surface area contributed by atoms with Crippen LogP contribution in [0.2, 0.25) is 0 Å². The molecular weight excluding hydrogens is 583 g/mol. The smallest absolute Gasteiger partial charge is 0.417 e. The van der Waals surface area contributed by atoms with Gasteiger partial charge in [-0.15, -0.1) is 0 Å². The molecule has 11 nitrogen and oxygen atoms in total. The van der Waals surface area contributed by atoms with E-state index >= 15 is 0 Å². The van der Waals surface area contributed by atoms with Crippen molar-refractivity contribution in [3.8, 4) is 0 Å². The number of nitrogens with one attached hydrogen (secondary N) is 2.